The molecule has 1 aliphatic carbocycles. The van der Waals surface area contributed by atoms with Gasteiger partial charge in [-0.15, -0.1) is 0 Å². The number of methoxy groups -OCH3 is 1. The molecule has 0 saturated carbocycles. The van der Waals surface area contributed by atoms with Crippen molar-refractivity contribution in [2.75, 3.05) is 13.7 Å². The first-order chi connectivity index (χ1) is 13.4. The molecule has 0 spiro atoms. The lowest BCUT2D eigenvalue weighted by Gasteiger charge is -2.15. The molecule has 8 heteroatoms. The number of fused-ring (bicyclic) bond motifs is 1. The largest absolute Gasteiger partial charge is 0.497 e. The van der Waals surface area contributed by atoms with Crippen LogP contribution in [0.3, 0.4) is 0 Å². The normalized spacial score (nSPS) is 13.9. The summed E-state index contributed by atoms with van der Waals surface area (Å²) in [4.78, 5) is 12.0. The summed E-state index contributed by atoms with van der Waals surface area (Å²) in [6.45, 7) is 0.500. The molecule has 1 N–H and O–H groups in total. The van der Waals surface area contributed by atoms with E-state index in [1.165, 1.54) is 4.68 Å². The third-order valence-corrected chi connectivity index (χ3v) is 4.97. The Bertz CT molecular complexity index is 813. The first-order valence-electron chi connectivity index (χ1n) is 9.44. The summed E-state index contributed by atoms with van der Waals surface area (Å²) in [5.74, 6) is 0.627. The predicted molar refractivity (Wildman–Crippen MR) is 98.2 cm³/mol. The average molecular weight is 395 g/mol. The lowest BCUT2D eigenvalue weighted by Crippen LogP contribution is -2.28. The van der Waals surface area contributed by atoms with E-state index in [0.717, 1.165) is 24.2 Å². The number of alkyl halides is 3. The van der Waals surface area contributed by atoms with Gasteiger partial charge in [-0.2, -0.15) is 18.3 Å². The molecular weight excluding hydrogens is 371 g/mol. The second-order valence-electron chi connectivity index (χ2n) is 6.90. The number of rotatable bonds is 7. The number of carbonyl (C=O) groups is 1. The average Bonchev–Trinajstić information content (AvgIpc) is 3.06. The Morgan fingerprint density at radius 2 is 1.93 bits per heavy atom. The van der Waals surface area contributed by atoms with Crippen LogP contribution in [0.25, 0.3) is 0 Å². The van der Waals surface area contributed by atoms with Gasteiger partial charge < -0.3 is 10.1 Å². The Morgan fingerprint density at radius 3 is 2.61 bits per heavy atom. The number of hydrogen-bond acceptors (Lipinski definition) is 3. The molecule has 0 bridgehead atoms. The highest BCUT2D eigenvalue weighted by Gasteiger charge is 2.39. The maximum absolute atomic E-state index is 13.2. The fourth-order valence-electron chi connectivity index (χ4n) is 3.52. The van der Waals surface area contributed by atoms with Gasteiger partial charge in [0.25, 0.3) is 0 Å². The van der Waals surface area contributed by atoms with E-state index in [0.29, 0.717) is 36.9 Å². The molecule has 0 atom stereocenters. The van der Waals surface area contributed by atoms with Crippen molar-refractivity contribution >= 4 is 5.91 Å². The quantitative estimate of drug-likeness (QED) is 0.780. The highest BCUT2D eigenvalue weighted by molar-refractivity contribution is 5.76. The molecule has 0 fully saturated rings. The summed E-state index contributed by atoms with van der Waals surface area (Å²) in [7, 11) is 1.59. The van der Waals surface area contributed by atoms with E-state index >= 15 is 0 Å². The minimum Gasteiger partial charge on any atom is -0.497 e. The van der Waals surface area contributed by atoms with Gasteiger partial charge in [0.2, 0.25) is 5.91 Å². The summed E-state index contributed by atoms with van der Waals surface area (Å²) in [5, 5.41) is 6.57. The second-order valence-corrected chi connectivity index (χ2v) is 6.90. The zero-order valence-electron chi connectivity index (χ0n) is 15.8. The molecule has 0 aliphatic heterocycles. The molecule has 5 nitrogen and oxygen atoms in total. The number of hydrogen-bond donors (Lipinski definition) is 1. The Balaban J connectivity index is 1.51. The fourth-order valence-corrected chi connectivity index (χ4v) is 3.52. The number of amides is 1. The van der Waals surface area contributed by atoms with Crippen molar-refractivity contribution in [2.24, 2.45) is 0 Å². The van der Waals surface area contributed by atoms with Crippen LogP contribution in [0.5, 0.6) is 5.75 Å². The van der Waals surface area contributed by atoms with Crippen LogP contribution in [-0.2, 0) is 36.8 Å². The fraction of sp³-hybridized carbons (Fsp3) is 0.500. The molecule has 3 rings (SSSR count). The van der Waals surface area contributed by atoms with Crippen LogP contribution in [0.2, 0.25) is 0 Å². The van der Waals surface area contributed by atoms with Gasteiger partial charge in [0.1, 0.15) is 5.75 Å². The minimum atomic E-state index is -4.44. The van der Waals surface area contributed by atoms with E-state index in [9.17, 15) is 18.0 Å². The predicted octanol–water partition coefficient (Wildman–Crippen LogP) is 3.54. The summed E-state index contributed by atoms with van der Waals surface area (Å²) >= 11 is 0. The van der Waals surface area contributed by atoms with Crippen LogP contribution in [-0.4, -0.2) is 29.3 Å². The van der Waals surface area contributed by atoms with Crippen molar-refractivity contribution in [3.8, 4) is 5.75 Å². The standard InChI is InChI=1S/C20H24F3N3O2/c1-28-15-9-6-14(7-10-15)8-11-18(27)24-12-13-26-17-5-3-2-4-16(17)19(25-26)20(21,22)23/h6-7,9-10H,2-5,8,11-13H2,1H3,(H,24,27). The number of aromatic nitrogens is 2. The van der Waals surface area contributed by atoms with Crippen molar-refractivity contribution in [1.29, 1.82) is 0 Å². The SMILES string of the molecule is COc1ccc(CCC(=O)NCCn2nc(C(F)(F)F)c3c2CCCC3)cc1. The van der Waals surface area contributed by atoms with E-state index in [-0.39, 0.29) is 19.0 Å². The highest BCUT2D eigenvalue weighted by atomic mass is 19.4. The van der Waals surface area contributed by atoms with Crippen LogP contribution in [0, 0.1) is 0 Å². The van der Waals surface area contributed by atoms with Crippen molar-refractivity contribution in [3.63, 3.8) is 0 Å². The number of ether oxygens (including phenoxy) is 1. The number of nitrogens with zero attached hydrogens (tertiary/aromatic N) is 2. The van der Waals surface area contributed by atoms with Crippen LogP contribution < -0.4 is 10.1 Å². The molecule has 1 aromatic heterocycles. The van der Waals surface area contributed by atoms with Crippen molar-refractivity contribution in [2.45, 2.75) is 51.2 Å². The number of benzene rings is 1. The topological polar surface area (TPSA) is 56.1 Å². The van der Waals surface area contributed by atoms with Gasteiger partial charge in [0.15, 0.2) is 5.69 Å². The summed E-state index contributed by atoms with van der Waals surface area (Å²) < 4.78 is 46.1. The number of carbonyl (C=O) groups excluding carboxylic acids is 1. The van der Waals surface area contributed by atoms with Crippen LogP contribution in [0.1, 0.15) is 41.8 Å². The zero-order valence-corrected chi connectivity index (χ0v) is 15.8. The molecule has 1 heterocycles. The van der Waals surface area contributed by atoms with Crippen LogP contribution in [0.15, 0.2) is 24.3 Å². The monoisotopic (exact) mass is 395 g/mol. The molecule has 1 aromatic carbocycles. The number of nitrogens with one attached hydrogen (secondary N) is 1. The maximum atomic E-state index is 13.2. The van der Waals surface area contributed by atoms with Crippen LogP contribution in [0.4, 0.5) is 13.2 Å². The summed E-state index contributed by atoms with van der Waals surface area (Å²) in [5.41, 5.74) is 1.23. The summed E-state index contributed by atoms with van der Waals surface area (Å²) in [6, 6.07) is 7.49. The molecule has 2 aromatic rings. The number of aryl methyl sites for hydroxylation is 1. The van der Waals surface area contributed by atoms with Gasteiger partial charge in [-0.25, -0.2) is 0 Å². The van der Waals surface area contributed by atoms with E-state index in [2.05, 4.69) is 10.4 Å². The lowest BCUT2D eigenvalue weighted by molar-refractivity contribution is -0.142. The number of halogens is 3. The van der Waals surface area contributed by atoms with Crippen molar-refractivity contribution < 1.29 is 22.7 Å². The van der Waals surface area contributed by atoms with E-state index in [4.69, 9.17) is 4.74 Å². The van der Waals surface area contributed by atoms with Crippen LogP contribution >= 0.6 is 0 Å². The van der Waals surface area contributed by atoms with Crippen molar-refractivity contribution in [3.05, 3.63) is 46.8 Å². The molecule has 152 valence electrons. The van der Waals surface area contributed by atoms with E-state index in [1.54, 1.807) is 7.11 Å². The van der Waals surface area contributed by atoms with Gasteiger partial charge in [0.05, 0.1) is 13.7 Å². The van der Waals surface area contributed by atoms with Gasteiger partial charge in [-0.3, -0.25) is 9.48 Å². The minimum absolute atomic E-state index is 0.132. The van der Waals surface area contributed by atoms with Gasteiger partial charge in [0, 0.05) is 24.2 Å². The Hall–Kier alpha value is -2.51. The van der Waals surface area contributed by atoms with Gasteiger partial charge in [-0.1, -0.05) is 12.1 Å². The Morgan fingerprint density at radius 1 is 1.21 bits per heavy atom. The molecule has 0 saturated heterocycles. The zero-order chi connectivity index (χ0) is 20.1. The molecule has 0 unspecified atom stereocenters. The molecular formula is C20H24F3N3O2. The molecule has 28 heavy (non-hydrogen) atoms. The van der Waals surface area contributed by atoms with E-state index < -0.39 is 11.9 Å². The third-order valence-electron chi connectivity index (χ3n) is 4.97. The lowest BCUT2D eigenvalue weighted by atomic mass is 9.95. The third kappa shape index (κ3) is 4.85. The van der Waals surface area contributed by atoms with Gasteiger partial charge in [-0.05, 0) is 49.8 Å². The summed E-state index contributed by atoms with van der Waals surface area (Å²) in [6.07, 6.45) is -0.896. The first-order valence-corrected chi connectivity index (χ1v) is 9.44. The van der Waals surface area contributed by atoms with E-state index in [1.807, 2.05) is 24.3 Å². The Kier molecular flexibility index (Phi) is 6.26. The van der Waals surface area contributed by atoms with Crippen molar-refractivity contribution in [1.82, 2.24) is 15.1 Å². The maximum Gasteiger partial charge on any atom is 0.435 e. The molecule has 1 amide bonds. The Labute approximate surface area is 161 Å². The highest BCUT2D eigenvalue weighted by Crippen LogP contribution is 2.35. The first kappa shape index (κ1) is 20.2. The second kappa shape index (κ2) is 8.67. The van der Waals surface area contributed by atoms with Gasteiger partial charge >= 0.3 is 6.18 Å². The molecule has 1 aliphatic rings. The molecule has 0 radical (unpaired) electrons. The smallest absolute Gasteiger partial charge is 0.435 e.